The molecule has 1 heterocycles. The van der Waals surface area contributed by atoms with Crippen LogP contribution in [0.25, 0.3) is 0 Å². The molecule has 0 aromatic rings. The van der Waals surface area contributed by atoms with E-state index in [0.29, 0.717) is 18.6 Å². The first-order chi connectivity index (χ1) is 10.4. The summed E-state index contributed by atoms with van der Waals surface area (Å²) in [6.45, 7) is 10.6. The summed E-state index contributed by atoms with van der Waals surface area (Å²) in [7, 11) is 0. The molecule has 1 rings (SSSR count). The molecule has 1 fully saturated rings. The van der Waals surface area contributed by atoms with Crippen LogP contribution in [-0.4, -0.2) is 43.4 Å². The SMILES string of the molecule is CCCCC(CNC(=O)OC(C)(C)C)NCC1CCCCN1. The first-order valence-electron chi connectivity index (χ1n) is 8.84. The molecule has 5 heteroatoms. The highest BCUT2D eigenvalue weighted by Gasteiger charge is 2.18. The molecule has 2 unspecified atom stereocenters. The molecule has 0 aromatic heterocycles. The third-order valence-corrected chi connectivity index (χ3v) is 3.86. The minimum absolute atomic E-state index is 0.316. The van der Waals surface area contributed by atoms with Gasteiger partial charge in [-0.3, -0.25) is 0 Å². The number of amides is 1. The topological polar surface area (TPSA) is 62.4 Å². The number of nitrogens with one attached hydrogen (secondary N) is 3. The van der Waals surface area contributed by atoms with E-state index in [2.05, 4.69) is 22.9 Å². The van der Waals surface area contributed by atoms with Gasteiger partial charge < -0.3 is 20.7 Å². The Morgan fingerprint density at radius 1 is 1.36 bits per heavy atom. The predicted molar refractivity (Wildman–Crippen MR) is 91.2 cm³/mol. The first kappa shape index (κ1) is 19.2. The molecular weight excluding hydrogens is 278 g/mol. The van der Waals surface area contributed by atoms with E-state index >= 15 is 0 Å². The van der Waals surface area contributed by atoms with Gasteiger partial charge in [0.1, 0.15) is 5.60 Å². The van der Waals surface area contributed by atoms with Gasteiger partial charge >= 0.3 is 6.09 Å². The summed E-state index contributed by atoms with van der Waals surface area (Å²) in [5.74, 6) is 0. The lowest BCUT2D eigenvalue weighted by Gasteiger charge is -2.27. The van der Waals surface area contributed by atoms with E-state index in [1.54, 1.807) is 0 Å². The van der Waals surface area contributed by atoms with Gasteiger partial charge in [0, 0.05) is 25.2 Å². The monoisotopic (exact) mass is 313 g/mol. The van der Waals surface area contributed by atoms with Crippen LogP contribution >= 0.6 is 0 Å². The lowest BCUT2D eigenvalue weighted by atomic mass is 10.0. The summed E-state index contributed by atoms with van der Waals surface area (Å²) in [5.41, 5.74) is -0.442. The van der Waals surface area contributed by atoms with Crippen LogP contribution in [0, 0.1) is 0 Å². The van der Waals surface area contributed by atoms with Gasteiger partial charge in [-0.15, -0.1) is 0 Å². The molecule has 5 nitrogen and oxygen atoms in total. The van der Waals surface area contributed by atoms with Crippen LogP contribution in [0.15, 0.2) is 0 Å². The van der Waals surface area contributed by atoms with Crippen molar-refractivity contribution in [3.8, 4) is 0 Å². The summed E-state index contributed by atoms with van der Waals surface area (Å²) in [6, 6.07) is 0.885. The standard InChI is InChI=1S/C17H35N3O2/c1-5-6-9-15(13-20-16(21)22-17(2,3)4)19-12-14-10-7-8-11-18-14/h14-15,18-19H,5-13H2,1-4H3,(H,20,21). The van der Waals surface area contributed by atoms with Crippen molar-refractivity contribution in [3.05, 3.63) is 0 Å². The fraction of sp³-hybridized carbons (Fsp3) is 0.941. The van der Waals surface area contributed by atoms with Crippen molar-refractivity contribution < 1.29 is 9.53 Å². The summed E-state index contributed by atoms with van der Waals surface area (Å²) in [4.78, 5) is 11.8. The molecule has 0 radical (unpaired) electrons. The Balaban J connectivity index is 2.30. The highest BCUT2D eigenvalue weighted by Crippen LogP contribution is 2.08. The van der Waals surface area contributed by atoms with E-state index in [1.165, 1.54) is 32.1 Å². The zero-order valence-electron chi connectivity index (χ0n) is 14.8. The van der Waals surface area contributed by atoms with Crippen molar-refractivity contribution in [1.82, 2.24) is 16.0 Å². The number of hydrogen-bond donors (Lipinski definition) is 3. The number of carbonyl (C=O) groups excluding carboxylic acids is 1. The molecule has 0 saturated carbocycles. The van der Waals surface area contributed by atoms with Crippen LogP contribution in [0.2, 0.25) is 0 Å². The fourth-order valence-electron chi connectivity index (χ4n) is 2.65. The van der Waals surface area contributed by atoms with Crippen LogP contribution in [0.5, 0.6) is 0 Å². The first-order valence-corrected chi connectivity index (χ1v) is 8.84. The molecule has 0 aliphatic carbocycles. The highest BCUT2D eigenvalue weighted by molar-refractivity contribution is 5.67. The maximum Gasteiger partial charge on any atom is 0.407 e. The zero-order valence-corrected chi connectivity index (χ0v) is 14.8. The van der Waals surface area contributed by atoms with Gasteiger partial charge in [0.25, 0.3) is 0 Å². The van der Waals surface area contributed by atoms with Gasteiger partial charge in [0.2, 0.25) is 0 Å². The van der Waals surface area contributed by atoms with Gasteiger partial charge in [0.15, 0.2) is 0 Å². The van der Waals surface area contributed by atoms with E-state index in [1.807, 2.05) is 20.8 Å². The number of carbonyl (C=O) groups is 1. The third-order valence-electron chi connectivity index (χ3n) is 3.86. The molecule has 1 saturated heterocycles. The summed E-state index contributed by atoms with van der Waals surface area (Å²) >= 11 is 0. The van der Waals surface area contributed by atoms with Crippen molar-refractivity contribution >= 4 is 6.09 Å². The van der Waals surface area contributed by atoms with Crippen LogP contribution in [0.3, 0.4) is 0 Å². The maximum absolute atomic E-state index is 11.8. The fourth-order valence-corrected chi connectivity index (χ4v) is 2.65. The number of hydrogen-bond acceptors (Lipinski definition) is 4. The molecule has 2 atom stereocenters. The predicted octanol–water partition coefficient (Wildman–Crippen LogP) is 2.80. The highest BCUT2D eigenvalue weighted by atomic mass is 16.6. The van der Waals surface area contributed by atoms with Crippen molar-refractivity contribution in [1.29, 1.82) is 0 Å². The Morgan fingerprint density at radius 2 is 2.14 bits per heavy atom. The number of alkyl carbamates (subject to hydrolysis) is 1. The Hall–Kier alpha value is -0.810. The summed E-state index contributed by atoms with van der Waals surface area (Å²) < 4.78 is 5.30. The Kier molecular flexibility index (Phi) is 8.79. The largest absolute Gasteiger partial charge is 0.444 e. The third kappa shape index (κ3) is 9.26. The molecular formula is C17H35N3O2. The van der Waals surface area contributed by atoms with Crippen molar-refractivity contribution in [2.24, 2.45) is 0 Å². The van der Waals surface area contributed by atoms with E-state index in [0.717, 1.165) is 19.5 Å². The summed E-state index contributed by atoms with van der Waals surface area (Å²) in [6.07, 6.45) is 6.95. The van der Waals surface area contributed by atoms with Crippen LogP contribution < -0.4 is 16.0 Å². The second-order valence-corrected chi connectivity index (χ2v) is 7.28. The number of rotatable bonds is 8. The lowest BCUT2D eigenvalue weighted by Crippen LogP contribution is -2.48. The van der Waals surface area contributed by atoms with E-state index in [9.17, 15) is 4.79 Å². The second kappa shape index (κ2) is 10.1. The van der Waals surface area contributed by atoms with E-state index in [4.69, 9.17) is 4.74 Å². The van der Waals surface area contributed by atoms with Gasteiger partial charge in [-0.25, -0.2) is 4.79 Å². The molecule has 1 aliphatic heterocycles. The minimum Gasteiger partial charge on any atom is -0.444 e. The van der Waals surface area contributed by atoms with Crippen LogP contribution in [0.4, 0.5) is 4.79 Å². The molecule has 0 bridgehead atoms. The Morgan fingerprint density at radius 3 is 2.73 bits per heavy atom. The average Bonchev–Trinajstić information content (AvgIpc) is 2.45. The second-order valence-electron chi connectivity index (χ2n) is 7.28. The molecule has 3 N–H and O–H groups in total. The Labute approximate surface area is 135 Å². The quantitative estimate of drug-likeness (QED) is 0.645. The van der Waals surface area contributed by atoms with Gasteiger partial charge in [0.05, 0.1) is 0 Å². The molecule has 1 aliphatic rings. The Bertz CT molecular complexity index is 310. The molecule has 0 spiro atoms. The molecule has 1 amide bonds. The van der Waals surface area contributed by atoms with Crippen LogP contribution in [0.1, 0.15) is 66.2 Å². The minimum atomic E-state index is -0.442. The molecule has 130 valence electrons. The molecule has 0 aromatic carbocycles. The van der Waals surface area contributed by atoms with Crippen molar-refractivity contribution in [2.45, 2.75) is 83.9 Å². The average molecular weight is 313 g/mol. The number of piperidine rings is 1. The van der Waals surface area contributed by atoms with Gasteiger partial charge in [-0.2, -0.15) is 0 Å². The molecule has 22 heavy (non-hydrogen) atoms. The smallest absolute Gasteiger partial charge is 0.407 e. The van der Waals surface area contributed by atoms with Crippen LogP contribution in [-0.2, 0) is 4.74 Å². The lowest BCUT2D eigenvalue weighted by molar-refractivity contribution is 0.0521. The number of ether oxygens (including phenoxy) is 1. The number of unbranched alkanes of at least 4 members (excludes halogenated alkanes) is 1. The van der Waals surface area contributed by atoms with Gasteiger partial charge in [-0.05, 0) is 46.6 Å². The van der Waals surface area contributed by atoms with Gasteiger partial charge in [-0.1, -0.05) is 26.2 Å². The summed E-state index contributed by atoms with van der Waals surface area (Å²) in [5, 5.41) is 10.1. The zero-order chi connectivity index (χ0) is 16.4. The van der Waals surface area contributed by atoms with Crippen molar-refractivity contribution in [2.75, 3.05) is 19.6 Å². The maximum atomic E-state index is 11.8. The van der Waals surface area contributed by atoms with E-state index in [-0.39, 0.29) is 6.09 Å². The van der Waals surface area contributed by atoms with Crippen molar-refractivity contribution in [3.63, 3.8) is 0 Å². The normalized spacial score (nSPS) is 20.5. The van der Waals surface area contributed by atoms with E-state index < -0.39 is 5.60 Å².